The quantitative estimate of drug-likeness (QED) is 0.673. The van der Waals surface area contributed by atoms with Gasteiger partial charge in [0.1, 0.15) is 0 Å². The van der Waals surface area contributed by atoms with Gasteiger partial charge < -0.3 is 15.2 Å². The summed E-state index contributed by atoms with van der Waals surface area (Å²) in [5.74, 6) is 0. The van der Waals surface area contributed by atoms with Crippen molar-refractivity contribution in [2.24, 2.45) is 0 Å². The molecule has 0 spiro atoms. The molecule has 0 amide bonds. The van der Waals surface area contributed by atoms with Gasteiger partial charge in [0.2, 0.25) is 0 Å². The third-order valence-electron chi connectivity index (χ3n) is 2.48. The Morgan fingerprint density at radius 1 is 1.25 bits per heavy atom. The molecule has 2 unspecified atom stereocenters. The Kier molecular flexibility index (Phi) is 7.98. The summed E-state index contributed by atoms with van der Waals surface area (Å²) in [6.45, 7) is 11.4. The molecule has 0 fully saturated rings. The number of aliphatic hydroxyl groups excluding tert-OH is 1. The Hall–Kier alpha value is -0.120. The van der Waals surface area contributed by atoms with Gasteiger partial charge in [0.05, 0.1) is 18.3 Å². The van der Waals surface area contributed by atoms with E-state index in [1.807, 2.05) is 20.8 Å². The van der Waals surface area contributed by atoms with Crippen LogP contribution >= 0.6 is 0 Å². The number of rotatable bonds is 8. The summed E-state index contributed by atoms with van der Waals surface area (Å²) in [4.78, 5) is 0. The summed E-state index contributed by atoms with van der Waals surface area (Å²) >= 11 is 0. The van der Waals surface area contributed by atoms with Crippen LogP contribution in [0.4, 0.5) is 0 Å². The van der Waals surface area contributed by atoms with Gasteiger partial charge in [0.15, 0.2) is 0 Å². The standard InChI is InChI=1S/C13H29NO2/c1-6-8-11(7-2)14-9-12(15)10-16-13(3,4)5/h11-12,14-15H,6-10H2,1-5H3. The Morgan fingerprint density at radius 2 is 1.88 bits per heavy atom. The first-order valence-corrected chi connectivity index (χ1v) is 6.44. The first-order valence-electron chi connectivity index (χ1n) is 6.44. The normalized spacial score (nSPS) is 16.1. The lowest BCUT2D eigenvalue weighted by molar-refractivity contribution is -0.0484. The SMILES string of the molecule is CCCC(CC)NCC(O)COC(C)(C)C. The van der Waals surface area contributed by atoms with Crippen molar-refractivity contribution in [1.29, 1.82) is 0 Å². The van der Waals surface area contributed by atoms with E-state index in [1.54, 1.807) is 0 Å². The van der Waals surface area contributed by atoms with E-state index in [2.05, 4.69) is 19.2 Å². The van der Waals surface area contributed by atoms with Crippen molar-refractivity contribution in [2.45, 2.75) is 71.6 Å². The topological polar surface area (TPSA) is 41.5 Å². The third kappa shape index (κ3) is 9.13. The molecule has 2 N–H and O–H groups in total. The summed E-state index contributed by atoms with van der Waals surface area (Å²) in [6, 6.07) is 0.522. The molecule has 0 aromatic rings. The molecule has 0 saturated carbocycles. The van der Waals surface area contributed by atoms with Gasteiger partial charge in [0, 0.05) is 12.6 Å². The Bertz CT molecular complexity index is 166. The highest BCUT2D eigenvalue weighted by Crippen LogP contribution is 2.07. The molecule has 98 valence electrons. The maximum atomic E-state index is 9.74. The minimum Gasteiger partial charge on any atom is -0.389 e. The Balaban J connectivity index is 3.66. The van der Waals surface area contributed by atoms with Gasteiger partial charge >= 0.3 is 0 Å². The minimum absolute atomic E-state index is 0.172. The highest BCUT2D eigenvalue weighted by Gasteiger charge is 2.14. The fourth-order valence-electron chi connectivity index (χ4n) is 1.51. The fraction of sp³-hybridized carbons (Fsp3) is 1.00. The van der Waals surface area contributed by atoms with E-state index in [0.717, 1.165) is 6.42 Å². The lowest BCUT2D eigenvalue weighted by Crippen LogP contribution is -2.38. The summed E-state index contributed by atoms with van der Waals surface area (Å²) in [7, 11) is 0. The van der Waals surface area contributed by atoms with Crippen molar-refractivity contribution in [1.82, 2.24) is 5.32 Å². The van der Waals surface area contributed by atoms with Crippen LogP contribution in [0.3, 0.4) is 0 Å². The van der Waals surface area contributed by atoms with Crippen molar-refractivity contribution < 1.29 is 9.84 Å². The molecule has 0 aromatic carbocycles. The second-order valence-corrected chi connectivity index (χ2v) is 5.38. The van der Waals surface area contributed by atoms with Gasteiger partial charge in [-0.05, 0) is 33.6 Å². The van der Waals surface area contributed by atoms with Gasteiger partial charge in [-0.25, -0.2) is 0 Å². The first kappa shape index (κ1) is 15.9. The van der Waals surface area contributed by atoms with Crippen LogP contribution in [0.5, 0.6) is 0 Å². The first-order chi connectivity index (χ1) is 7.39. The van der Waals surface area contributed by atoms with Crippen molar-refractivity contribution in [3.05, 3.63) is 0 Å². The molecule has 3 nitrogen and oxygen atoms in total. The molecule has 0 rings (SSSR count). The van der Waals surface area contributed by atoms with Crippen LogP contribution in [0, 0.1) is 0 Å². The number of ether oxygens (including phenoxy) is 1. The average Bonchev–Trinajstić information content (AvgIpc) is 2.20. The minimum atomic E-state index is -0.412. The van der Waals surface area contributed by atoms with Crippen molar-refractivity contribution in [3.63, 3.8) is 0 Å². The number of hydrogen-bond donors (Lipinski definition) is 2. The Labute approximate surface area is 101 Å². The van der Waals surface area contributed by atoms with E-state index in [-0.39, 0.29) is 5.60 Å². The van der Waals surface area contributed by atoms with Crippen LogP contribution in [0.25, 0.3) is 0 Å². The molecule has 3 heteroatoms. The molecule has 16 heavy (non-hydrogen) atoms. The van der Waals surface area contributed by atoms with E-state index in [9.17, 15) is 5.11 Å². The number of aliphatic hydroxyl groups is 1. The third-order valence-corrected chi connectivity index (χ3v) is 2.48. The van der Waals surface area contributed by atoms with Gasteiger partial charge in [-0.2, -0.15) is 0 Å². The molecule has 0 saturated heterocycles. The zero-order valence-corrected chi connectivity index (χ0v) is 11.5. The second kappa shape index (κ2) is 8.04. The van der Waals surface area contributed by atoms with Crippen molar-refractivity contribution >= 4 is 0 Å². The summed E-state index contributed by atoms with van der Waals surface area (Å²) in [6.07, 6.45) is 3.05. The number of nitrogens with one attached hydrogen (secondary N) is 1. The van der Waals surface area contributed by atoms with E-state index < -0.39 is 6.10 Å². The highest BCUT2D eigenvalue weighted by molar-refractivity contribution is 4.69. The molecule has 0 bridgehead atoms. The Morgan fingerprint density at radius 3 is 2.31 bits per heavy atom. The van der Waals surface area contributed by atoms with Crippen molar-refractivity contribution in [3.8, 4) is 0 Å². The van der Waals surface area contributed by atoms with Crippen LogP contribution in [-0.4, -0.2) is 36.0 Å². The lowest BCUT2D eigenvalue weighted by atomic mass is 10.1. The van der Waals surface area contributed by atoms with Crippen LogP contribution in [0.15, 0.2) is 0 Å². The molecule has 0 aliphatic heterocycles. The molecular formula is C13H29NO2. The highest BCUT2D eigenvalue weighted by atomic mass is 16.5. The molecule has 0 radical (unpaired) electrons. The van der Waals surface area contributed by atoms with E-state index in [1.165, 1.54) is 12.8 Å². The van der Waals surface area contributed by atoms with E-state index in [4.69, 9.17) is 4.74 Å². The van der Waals surface area contributed by atoms with Gasteiger partial charge in [-0.15, -0.1) is 0 Å². The zero-order valence-electron chi connectivity index (χ0n) is 11.5. The van der Waals surface area contributed by atoms with Crippen LogP contribution in [0.1, 0.15) is 53.9 Å². The van der Waals surface area contributed by atoms with Gasteiger partial charge in [0.25, 0.3) is 0 Å². The second-order valence-electron chi connectivity index (χ2n) is 5.38. The van der Waals surface area contributed by atoms with Crippen molar-refractivity contribution in [2.75, 3.05) is 13.2 Å². The summed E-state index contributed by atoms with van der Waals surface area (Å²) in [5, 5.41) is 13.1. The monoisotopic (exact) mass is 231 g/mol. The molecule has 0 aliphatic rings. The predicted octanol–water partition coefficient (Wildman–Crippen LogP) is 2.33. The molecule has 2 atom stereocenters. The zero-order chi connectivity index (χ0) is 12.6. The van der Waals surface area contributed by atoms with Gasteiger partial charge in [-0.1, -0.05) is 20.3 Å². The van der Waals surface area contributed by atoms with Crippen LogP contribution < -0.4 is 5.32 Å². The molecule has 0 heterocycles. The average molecular weight is 231 g/mol. The number of hydrogen-bond acceptors (Lipinski definition) is 3. The predicted molar refractivity (Wildman–Crippen MR) is 68.7 cm³/mol. The molecule has 0 aliphatic carbocycles. The largest absolute Gasteiger partial charge is 0.389 e. The summed E-state index contributed by atoms with van der Waals surface area (Å²) < 4.78 is 5.53. The summed E-state index contributed by atoms with van der Waals surface area (Å²) in [5.41, 5.74) is -0.172. The fourth-order valence-corrected chi connectivity index (χ4v) is 1.51. The van der Waals surface area contributed by atoms with E-state index >= 15 is 0 Å². The smallest absolute Gasteiger partial charge is 0.0898 e. The van der Waals surface area contributed by atoms with Gasteiger partial charge in [-0.3, -0.25) is 0 Å². The van der Waals surface area contributed by atoms with E-state index in [0.29, 0.717) is 19.2 Å². The molecular weight excluding hydrogens is 202 g/mol. The molecule has 0 aromatic heterocycles. The van der Waals surface area contributed by atoms with Crippen LogP contribution in [-0.2, 0) is 4.74 Å². The lowest BCUT2D eigenvalue weighted by Gasteiger charge is -2.23. The maximum absolute atomic E-state index is 9.74. The van der Waals surface area contributed by atoms with Crippen LogP contribution in [0.2, 0.25) is 0 Å². The maximum Gasteiger partial charge on any atom is 0.0898 e.